The quantitative estimate of drug-likeness (QED) is 0.682. The number of allylic oxidation sites excluding steroid dienone is 1. The van der Waals surface area contributed by atoms with Crippen LogP contribution in [0, 0.1) is 0 Å². The number of benzene rings is 1. The van der Waals surface area contributed by atoms with E-state index in [1.807, 2.05) is 42.5 Å². The molecular weight excluding hydrogens is 208 g/mol. The topological polar surface area (TPSA) is 24.7 Å². The highest BCUT2D eigenvalue weighted by molar-refractivity contribution is 6.21. The van der Waals surface area contributed by atoms with Gasteiger partial charge in [-0.3, -0.25) is 9.98 Å². The Bertz CT molecular complexity index is 407. The molecule has 0 saturated carbocycles. The van der Waals surface area contributed by atoms with Gasteiger partial charge in [-0.2, -0.15) is 0 Å². The van der Waals surface area contributed by atoms with Crippen LogP contribution in [0.2, 0.25) is 0 Å². The van der Waals surface area contributed by atoms with Gasteiger partial charge in [0.25, 0.3) is 0 Å². The molecule has 0 spiro atoms. The van der Waals surface area contributed by atoms with Crippen LogP contribution in [0.25, 0.3) is 0 Å². The third-order valence-corrected chi connectivity index (χ3v) is 2.41. The summed E-state index contributed by atoms with van der Waals surface area (Å²) in [6.07, 6.45) is 5.59. The molecule has 1 atom stereocenters. The number of halogens is 1. The number of aliphatic imine (C=N–C) groups is 2. The molecule has 1 heterocycles. The number of alkyl halides is 1. The fourth-order valence-corrected chi connectivity index (χ4v) is 1.60. The molecule has 0 aromatic heterocycles. The largest absolute Gasteiger partial charge is 0.282 e. The molecule has 0 bridgehead atoms. The monoisotopic (exact) mass is 218 g/mol. The summed E-state index contributed by atoms with van der Waals surface area (Å²) >= 11 is 5.81. The van der Waals surface area contributed by atoms with Crippen molar-refractivity contribution < 1.29 is 0 Å². The summed E-state index contributed by atoms with van der Waals surface area (Å²) in [6, 6.07) is 9.80. The van der Waals surface area contributed by atoms with Gasteiger partial charge in [-0.05, 0) is 24.3 Å². The summed E-state index contributed by atoms with van der Waals surface area (Å²) in [5, 5.41) is 0. The minimum absolute atomic E-state index is 0.0168. The molecule has 1 aromatic carbocycles. The van der Waals surface area contributed by atoms with Crippen molar-refractivity contribution in [2.45, 2.75) is 6.04 Å². The first-order valence-electron chi connectivity index (χ1n) is 4.79. The Kier molecular flexibility index (Phi) is 3.30. The molecule has 2 nitrogen and oxygen atoms in total. The van der Waals surface area contributed by atoms with Crippen molar-refractivity contribution in [3.63, 3.8) is 0 Å². The van der Waals surface area contributed by atoms with E-state index in [9.17, 15) is 0 Å². The molecule has 15 heavy (non-hydrogen) atoms. The molecule has 2 rings (SSSR count). The molecule has 0 N–H and O–H groups in total. The molecular formula is C12H11ClN2. The van der Waals surface area contributed by atoms with Gasteiger partial charge < -0.3 is 0 Å². The fourth-order valence-electron chi connectivity index (χ4n) is 1.36. The van der Waals surface area contributed by atoms with Gasteiger partial charge in [0.05, 0.1) is 17.3 Å². The average Bonchev–Trinajstić information content (AvgIpc) is 2.31. The van der Waals surface area contributed by atoms with Gasteiger partial charge in [0.1, 0.15) is 6.04 Å². The van der Waals surface area contributed by atoms with E-state index in [-0.39, 0.29) is 6.04 Å². The zero-order chi connectivity index (χ0) is 10.5. The summed E-state index contributed by atoms with van der Waals surface area (Å²) in [6.45, 7) is 0. The SMILES string of the molecule is ClCC1N=CC=CC1=Nc1ccccc1. The Labute approximate surface area is 94.0 Å². The van der Waals surface area contributed by atoms with Crippen LogP contribution in [-0.2, 0) is 0 Å². The first-order valence-corrected chi connectivity index (χ1v) is 5.33. The minimum Gasteiger partial charge on any atom is -0.282 e. The molecule has 1 aliphatic rings. The Hall–Kier alpha value is -1.41. The van der Waals surface area contributed by atoms with Gasteiger partial charge in [-0.25, -0.2) is 0 Å². The van der Waals surface area contributed by atoms with Crippen LogP contribution < -0.4 is 0 Å². The second-order valence-electron chi connectivity index (χ2n) is 3.20. The number of hydrogen-bond acceptors (Lipinski definition) is 2. The van der Waals surface area contributed by atoms with Crippen molar-refractivity contribution in [2.24, 2.45) is 9.98 Å². The predicted octanol–water partition coefficient (Wildman–Crippen LogP) is 3.01. The zero-order valence-electron chi connectivity index (χ0n) is 8.18. The van der Waals surface area contributed by atoms with Crippen LogP contribution >= 0.6 is 11.6 Å². The first kappa shape index (κ1) is 10.1. The van der Waals surface area contributed by atoms with Crippen molar-refractivity contribution in [3.05, 3.63) is 42.5 Å². The van der Waals surface area contributed by atoms with E-state index in [1.54, 1.807) is 6.21 Å². The van der Waals surface area contributed by atoms with Gasteiger partial charge >= 0.3 is 0 Å². The second-order valence-corrected chi connectivity index (χ2v) is 3.51. The second kappa shape index (κ2) is 4.89. The molecule has 1 aromatic rings. The summed E-state index contributed by atoms with van der Waals surface area (Å²) in [4.78, 5) is 8.75. The molecule has 0 radical (unpaired) electrons. The fraction of sp³-hybridized carbons (Fsp3) is 0.167. The Morgan fingerprint density at radius 3 is 2.80 bits per heavy atom. The molecule has 0 amide bonds. The predicted molar refractivity (Wildman–Crippen MR) is 65.7 cm³/mol. The van der Waals surface area contributed by atoms with E-state index in [4.69, 9.17) is 11.6 Å². The lowest BCUT2D eigenvalue weighted by molar-refractivity contribution is 0.988. The molecule has 3 heteroatoms. The van der Waals surface area contributed by atoms with Gasteiger partial charge in [-0.1, -0.05) is 18.2 Å². The molecule has 1 unspecified atom stereocenters. The minimum atomic E-state index is -0.0168. The zero-order valence-corrected chi connectivity index (χ0v) is 8.93. The smallest absolute Gasteiger partial charge is 0.105 e. The number of rotatable bonds is 2. The van der Waals surface area contributed by atoms with Crippen molar-refractivity contribution in [1.82, 2.24) is 0 Å². The molecule has 0 aliphatic carbocycles. The van der Waals surface area contributed by atoms with Crippen molar-refractivity contribution in [3.8, 4) is 0 Å². The molecule has 0 fully saturated rings. The lowest BCUT2D eigenvalue weighted by Crippen LogP contribution is -2.20. The lowest BCUT2D eigenvalue weighted by Gasteiger charge is -2.11. The Morgan fingerprint density at radius 1 is 1.27 bits per heavy atom. The number of hydrogen-bond donors (Lipinski definition) is 0. The Morgan fingerprint density at radius 2 is 2.07 bits per heavy atom. The van der Waals surface area contributed by atoms with Gasteiger partial charge in [0, 0.05) is 6.21 Å². The van der Waals surface area contributed by atoms with Crippen LogP contribution in [-0.4, -0.2) is 23.8 Å². The molecule has 76 valence electrons. The van der Waals surface area contributed by atoms with Crippen molar-refractivity contribution in [2.75, 3.05) is 5.88 Å². The van der Waals surface area contributed by atoms with Crippen molar-refractivity contribution >= 4 is 29.2 Å². The van der Waals surface area contributed by atoms with Crippen LogP contribution in [0.1, 0.15) is 0 Å². The summed E-state index contributed by atoms with van der Waals surface area (Å²) < 4.78 is 0. The van der Waals surface area contributed by atoms with Gasteiger partial charge in [0.15, 0.2) is 0 Å². The maximum absolute atomic E-state index is 5.81. The van der Waals surface area contributed by atoms with Crippen LogP contribution in [0.15, 0.2) is 52.5 Å². The highest BCUT2D eigenvalue weighted by Gasteiger charge is 2.12. The lowest BCUT2D eigenvalue weighted by atomic mass is 10.1. The Balaban J connectivity index is 2.26. The highest BCUT2D eigenvalue weighted by atomic mass is 35.5. The van der Waals surface area contributed by atoms with Gasteiger partial charge in [0.2, 0.25) is 0 Å². The molecule has 0 saturated heterocycles. The summed E-state index contributed by atoms with van der Waals surface area (Å²) in [5.74, 6) is 0.465. The average molecular weight is 219 g/mol. The van der Waals surface area contributed by atoms with Crippen LogP contribution in [0.4, 0.5) is 5.69 Å². The number of nitrogens with zero attached hydrogens (tertiary/aromatic N) is 2. The van der Waals surface area contributed by atoms with E-state index in [1.165, 1.54) is 0 Å². The van der Waals surface area contributed by atoms with E-state index in [2.05, 4.69) is 9.98 Å². The van der Waals surface area contributed by atoms with E-state index in [0.29, 0.717) is 5.88 Å². The van der Waals surface area contributed by atoms with Crippen molar-refractivity contribution in [1.29, 1.82) is 0 Å². The maximum atomic E-state index is 5.81. The highest BCUT2D eigenvalue weighted by Crippen LogP contribution is 2.14. The maximum Gasteiger partial charge on any atom is 0.105 e. The van der Waals surface area contributed by atoms with E-state index < -0.39 is 0 Å². The third-order valence-electron chi connectivity index (χ3n) is 2.12. The summed E-state index contributed by atoms with van der Waals surface area (Å²) in [7, 11) is 0. The summed E-state index contributed by atoms with van der Waals surface area (Å²) in [5.41, 5.74) is 1.85. The first-order chi connectivity index (χ1) is 7.40. The van der Waals surface area contributed by atoms with Crippen LogP contribution in [0.3, 0.4) is 0 Å². The number of dihydropyridines is 1. The van der Waals surface area contributed by atoms with E-state index in [0.717, 1.165) is 11.4 Å². The standard InChI is InChI=1S/C12H11ClN2/c13-9-12-11(7-4-8-14-12)15-10-5-2-1-3-6-10/h1-8,12H,9H2. The third kappa shape index (κ3) is 2.54. The van der Waals surface area contributed by atoms with Gasteiger partial charge in [-0.15, -0.1) is 11.6 Å². The normalized spacial score (nSPS) is 22.2. The number of para-hydroxylation sites is 1. The van der Waals surface area contributed by atoms with E-state index >= 15 is 0 Å². The molecule has 1 aliphatic heterocycles. The van der Waals surface area contributed by atoms with Crippen LogP contribution in [0.5, 0.6) is 0 Å².